The quantitative estimate of drug-likeness (QED) is 0.625. The summed E-state index contributed by atoms with van der Waals surface area (Å²) in [6.07, 6.45) is 4.13. The number of pyridine rings is 1. The number of aromatic nitrogens is 1. The first kappa shape index (κ1) is 14.2. The average Bonchev–Trinajstić information content (AvgIpc) is 2.46. The fourth-order valence-electron chi connectivity index (χ4n) is 2.30. The van der Waals surface area contributed by atoms with E-state index in [2.05, 4.69) is 29.1 Å². The number of hydrogen-bond acceptors (Lipinski definition) is 3. The van der Waals surface area contributed by atoms with Gasteiger partial charge in [0.2, 0.25) is 0 Å². The van der Waals surface area contributed by atoms with Crippen molar-refractivity contribution in [2.45, 2.75) is 19.0 Å². The summed E-state index contributed by atoms with van der Waals surface area (Å²) in [5, 5.41) is 7.59. The first-order chi connectivity index (χ1) is 9.66. The molecular weight excluding hydrogens is 248 g/mol. The Balaban J connectivity index is 2.16. The molecule has 1 atom stereocenters. The van der Waals surface area contributed by atoms with Crippen molar-refractivity contribution in [1.29, 1.82) is 5.41 Å². The summed E-state index contributed by atoms with van der Waals surface area (Å²) in [6, 6.07) is 14.3. The molecule has 1 aromatic carbocycles. The topological polar surface area (TPSA) is 66.0 Å². The van der Waals surface area contributed by atoms with E-state index in [0.717, 1.165) is 6.54 Å². The Bertz CT molecular complexity index is 539. The molecule has 0 fully saturated rings. The van der Waals surface area contributed by atoms with Crippen LogP contribution in [0.3, 0.4) is 0 Å². The normalized spacial score (nSPS) is 12.3. The van der Waals surface area contributed by atoms with Crippen LogP contribution in [0.4, 0.5) is 0 Å². The van der Waals surface area contributed by atoms with Crippen molar-refractivity contribution in [3.8, 4) is 0 Å². The van der Waals surface area contributed by atoms with Gasteiger partial charge in [0.15, 0.2) is 0 Å². The standard InChI is InChI=1S/C16H20N4/c1-20(12-13-7-9-19-10-8-13)15(11-16(17)18)14-5-3-2-4-6-14/h2-10,15H,11-12H2,1H3,(H3,17,18). The molecule has 4 heteroatoms. The van der Waals surface area contributed by atoms with Gasteiger partial charge in [-0.05, 0) is 30.3 Å². The van der Waals surface area contributed by atoms with Gasteiger partial charge in [-0.3, -0.25) is 15.3 Å². The Hall–Kier alpha value is -2.20. The molecule has 0 amide bonds. The second-order valence-corrected chi connectivity index (χ2v) is 4.93. The predicted octanol–water partition coefficient (Wildman–Crippen LogP) is 2.58. The van der Waals surface area contributed by atoms with Crippen molar-refractivity contribution in [3.63, 3.8) is 0 Å². The lowest BCUT2D eigenvalue weighted by atomic mass is 10.0. The smallest absolute Gasteiger partial charge is 0.0924 e. The minimum atomic E-state index is 0.113. The molecule has 0 saturated heterocycles. The maximum absolute atomic E-state index is 7.59. The predicted molar refractivity (Wildman–Crippen MR) is 81.4 cm³/mol. The lowest BCUT2D eigenvalue weighted by molar-refractivity contribution is 0.241. The SMILES string of the molecule is CN(Cc1ccncc1)C(CC(=N)N)c1ccccc1. The summed E-state index contributed by atoms with van der Waals surface area (Å²) in [5.74, 6) is 0.209. The number of nitrogens with zero attached hydrogens (tertiary/aromatic N) is 2. The number of amidine groups is 1. The van der Waals surface area contributed by atoms with Gasteiger partial charge in [-0.25, -0.2) is 0 Å². The molecule has 1 heterocycles. The van der Waals surface area contributed by atoms with Crippen LogP contribution < -0.4 is 5.73 Å². The Kier molecular flexibility index (Phi) is 4.85. The van der Waals surface area contributed by atoms with Crippen LogP contribution in [0.1, 0.15) is 23.6 Å². The van der Waals surface area contributed by atoms with Gasteiger partial charge < -0.3 is 5.73 Å². The van der Waals surface area contributed by atoms with Crippen molar-refractivity contribution in [2.24, 2.45) is 5.73 Å². The van der Waals surface area contributed by atoms with Gasteiger partial charge >= 0.3 is 0 Å². The van der Waals surface area contributed by atoms with Crippen molar-refractivity contribution in [2.75, 3.05) is 7.05 Å². The Morgan fingerprint density at radius 3 is 2.45 bits per heavy atom. The third-order valence-electron chi connectivity index (χ3n) is 3.31. The van der Waals surface area contributed by atoms with E-state index in [1.165, 1.54) is 11.1 Å². The number of benzene rings is 1. The first-order valence-corrected chi connectivity index (χ1v) is 6.64. The molecule has 0 spiro atoms. The molecule has 104 valence electrons. The monoisotopic (exact) mass is 268 g/mol. The van der Waals surface area contributed by atoms with E-state index >= 15 is 0 Å². The van der Waals surface area contributed by atoms with E-state index in [0.29, 0.717) is 6.42 Å². The molecule has 2 aromatic rings. The zero-order chi connectivity index (χ0) is 14.4. The average molecular weight is 268 g/mol. The lowest BCUT2D eigenvalue weighted by Crippen LogP contribution is -2.28. The Morgan fingerprint density at radius 1 is 1.20 bits per heavy atom. The van der Waals surface area contributed by atoms with Gasteiger partial charge in [0.05, 0.1) is 5.84 Å². The zero-order valence-electron chi connectivity index (χ0n) is 11.7. The van der Waals surface area contributed by atoms with Gasteiger partial charge in [-0.1, -0.05) is 30.3 Å². The van der Waals surface area contributed by atoms with Crippen LogP contribution in [0.5, 0.6) is 0 Å². The number of nitrogens with one attached hydrogen (secondary N) is 1. The van der Waals surface area contributed by atoms with Gasteiger partial charge in [0, 0.05) is 31.4 Å². The largest absolute Gasteiger partial charge is 0.388 e. The highest BCUT2D eigenvalue weighted by Gasteiger charge is 2.18. The van der Waals surface area contributed by atoms with E-state index in [9.17, 15) is 0 Å². The fourth-order valence-corrected chi connectivity index (χ4v) is 2.30. The summed E-state index contributed by atoms with van der Waals surface area (Å²) < 4.78 is 0. The molecule has 0 aliphatic carbocycles. The molecule has 4 nitrogen and oxygen atoms in total. The lowest BCUT2D eigenvalue weighted by Gasteiger charge is -2.28. The van der Waals surface area contributed by atoms with Crippen LogP contribution in [-0.2, 0) is 6.54 Å². The van der Waals surface area contributed by atoms with Crippen molar-refractivity contribution < 1.29 is 0 Å². The van der Waals surface area contributed by atoms with Crippen molar-refractivity contribution in [3.05, 3.63) is 66.0 Å². The summed E-state index contributed by atoms with van der Waals surface area (Å²) in [5.41, 5.74) is 7.99. The molecule has 0 aliphatic heterocycles. The van der Waals surface area contributed by atoms with Crippen LogP contribution >= 0.6 is 0 Å². The van der Waals surface area contributed by atoms with Crippen molar-refractivity contribution in [1.82, 2.24) is 9.88 Å². The van der Waals surface area contributed by atoms with Gasteiger partial charge in [0.25, 0.3) is 0 Å². The first-order valence-electron chi connectivity index (χ1n) is 6.64. The van der Waals surface area contributed by atoms with Crippen LogP contribution in [0.25, 0.3) is 0 Å². The molecule has 2 rings (SSSR count). The Labute approximate surface area is 119 Å². The van der Waals surface area contributed by atoms with Crippen LogP contribution in [0.2, 0.25) is 0 Å². The summed E-state index contributed by atoms with van der Waals surface area (Å²) in [4.78, 5) is 6.25. The molecule has 0 bridgehead atoms. The minimum absolute atomic E-state index is 0.113. The minimum Gasteiger partial charge on any atom is -0.388 e. The Morgan fingerprint density at radius 2 is 1.85 bits per heavy atom. The maximum Gasteiger partial charge on any atom is 0.0924 e. The number of rotatable bonds is 6. The highest BCUT2D eigenvalue weighted by atomic mass is 15.1. The van der Waals surface area contributed by atoms with Gasteiger partial charge in [-0.2, -0.15) is 0 Å². The van der Waals surface area contributed by atoms with Gasteiger partial charge in [-0.15, -0.1) is 0 Å². The summed E-state index contributed by atoms with van der Waals surface area (Å²) >= 11 is 0. The number of nitrogens with two attached hydrogens (primary N) is 1. The number of hydrogen-bond donors (Lipinski definition) is 2. The summed E-state index contributed by atoms with van der Waals surface area (Å²) in [6.45, 7) is 0.801. The molecule has 20 heavy (non-hydrogen) atoms. The van der Waals surface area contributed by atoms with Crippen LogP contribution in [0.15, 0.2) is 54.9 Å². The highest BCUT2D eigenvalue weighted by Crippen LogP contribution is 2.24. The molecule has 0 saturated carbocycles. The molecule has 1 aromatic heterocycles. The van der Waals surface area contributed by atoms with E-state index in [4.69, 9.17) is 11.1 Å². The third-order valence-corrected chi connectivity index (χ3v) is 3.31. The van der Waals surface area contributed by atoms with E-state index < -0.39 is 0 Å². The highest BCUT2D eigenvalue weighted by molar-refractivity contribution is 5.77. The molecular formula is C16H20N4. The zero-order valence-corrected chi connectivity index (χ0v) is 11.7. The molecule has 0 radical (unpaired) electrons. The van der Waals surface area contributed by atoms with Crippen LogP contribution in [0, 0.1) is 5.41 Å². The second-order valence-electron chi connectivity index (χ2n) is 4.93. The van der Waals surface area contributed by atoms with Gasteiger partial charge in [0.1, 0.15) is 0 Å². The molecule has 1 unspecified atom stereocenters. The van der Waals surface area contributed by atoms with E-state index in [1.54, 1.807) is 12.4 Å². The molecule has 0 aliphatic rings. The second kappa shape index (κ2) is 6.82. The van der Waals surface area contributed by atoms with E-state index in [1.807, 2.05) is 30.3 Å². The van der Waals surface area contributed by atoms with Crippen molar-refractivity contribution >= 4 is 5.84 Å². The third kappa shape index (κ3) is 3.90. The molecule has 3 N–H and O–H groups in total. The van der Waals surface area contributed by atoms with Crippen LogP contribution in [-0.4, -0.2) is 22.8 Å². The summed E-state index contributed by atoms with van der Waals surface area (Å²) in [7, 11) is 2.06. The maximum atomic E-state index is 7.59. The fraction of sp³-hybridized carbons (Fsp3) is 0.250. The van der Waals surface area contributed by atoms with E-state index in [-0.39, 0.29) is 11.9 Å².